The average Bonchev–Trinajstić information content (AvgIpc) is 2.84. The van der Waals surface area contributed by atoms with Crippen LogP contribution in [0.3, 0.4) is 0 Å². The Hall–Kier alpha value is -2.85. The van der Waals surface area contributed by atoms with Gasteiger partial charge in [0.25, 0.3) is 5.69 Å². The Labute approximate surface area is 144 Å². The van der Waals surface area contributed by atoms with Gasteiger partial charge in [-0.25, -0.2) is 14.3 Å². The molecule has 0 aliphatic carbocycles. The highest BCUT2D eigenvalue weighted by atomic mass is 35.5. The van der Waals surface area contributed by atoms with Crippen molar-refractivity contribution in [3.8, 4) is 0 Å². The molecular formula is C16H16ClN7. The summed E-state index contributed by atoms with van der Waals surface area (Å²) >= 11 is 6.21. The first kappa shape index (κ1) is 16.0. The zero-order valence-electron chi connectivity index (χ0n) is 13.3. The summed E-state index contributed by atoms with van der Waals surface area (Å²) in [4.78, 5) is 12.3. The maximum absolute atomic E-state index is 7.37. The van der Waals surface area contributed by atoms with Gasteiger partial charge in [-0.15, -0.1) is 0 Å². The topological polar surface area (TPSA) is 85.5 Å². The molecule has 122 valence electrons. The second-order valence-electron chi connectivity index (χ2n) is 5.39. The number of anilines is 2. The third kappa shape index (κ3) is 2.84. The first-order chi connectivity index (χ1) is 11.5. The van der Waals surface area contributed by atoms with E-state index in [0.29, 0.717) is 35.1 Å². The summed E-state index contributed by atoms with van der Waals surface area (Å²) in [6, 6.07) is 5.89. The lowest BCUT2D eigenvalue weighted by atomic mass is 10.2. The van der Waals surface area contributed by atoms with E-state index in [-0.39, 0.29) is 11.5 Å². The van der Waals surface area contributed by atoms with Crippen LogP contribution in [0.15, 0.2) is 18.2 Å². The summed E-state index contributed by atoms with van der Waals surface area (Å²) < 4.78 is 1.40. The molecule has 0 bridgehead atoms. The zero-order chi connectivity index (χ0) is 17.3. The van der Waals surface area contributed by atoms with Crippen LogP contribution in [0.5, 0.6) is 0 Å². The van der Waals surface area contributed by atoms with Crippen LogP contribution in [-0.4, -0.2) is 26.1 Å². The molecule has 3 aromatic rings. The van der Waals surface area contributed by atoms with E-state index >= 15 is 0 Å². The number of nitrogens with two attached hydrogens (primary N) is 1. The second kappa shape index (κ2) is 6.34. The number of nitrogen functional groups attached to an aromatic ring is 1. The highest BCUT2D eigenvalue weighted by Crippen LogP contribution is 2.33. The highest BCUT2D eigenvalue weighted by Gasteiger charge is 2.18. The lowest BCUT2D eigenvalue weighted by Gasteiger charge is -2.10. The summed E-state index contributed by atoms with van der Waals surface area (Å²) in [6.07, 6.45) is 0.706. The predicted octanol–water partition coefficient (Wildman–Crippen LogP) is 3.18. The van der Waals surface area contributed by atoms with E-state index in [0.717, 1.165) is 11.4 Å². The molecular weight excluding hydrogens is 326 g/mol. The minimum atomic E-state index is 0.223. The van der Waals surface area contributed by atoms with E-state index in [9.17, 15) is 0 Å². The lowest BCUT2D eigenvalue weighted by Crippen LogP contribution is -2.10. The van der Waals surface area contributed by atoms with Gasteiger partial charge in [0.1, 0.15) is 16.7 Å². The van der Waals surface area contributed by atoms with E-state index in [1.54, 1.807) is 6.92 Å². The number of pyridine rings is 1. The molecule has 0 aliphatic heterocycles. The fourth-order valence-electron chi connectivity index (χ4n) is 2.42. The van der Waals surface area contributed by atoms with Crippen molar-refractivity contribution in [2.45, 2.75) is 20.3 Å². The number of nitrogens with zero attached hydrogens (tertiary/aromatic N) is 5. The normalized spacial score (nSPS) is 10.8. The first-order valence-corrected chi connectivity index (χ1v) is 7.77. The molecule has 3 rings (SSSR count). The Morgan fingerprint density at radius 3 is 2.83 bits per heavy atom. The fraction of sp³-hybridized carbons (Fsp3) is 0.250. The van der Waals surface area contributed by atoms with Gasteiger partial charge in [0.05, 0.1) is 12.3 Å². The predicted molar refractivity (Wildman–Crippen MR) is 94.6 cm³/mol. The minimum absolute atomic E-state index is 0.223. The van der Waals surface area contributed by atoms with E-state index in [1.165, 1.54) is 4.52 Å². The zero-order valence-corrected chi connectivity index (χ0v) is 14.1. The van der Waals surface area contributed by atoms with Crippen LogP contribution in [0.4, 0.5) is 17.3 Å². The molecule has 8 heteroatoms. The Morgan fingerprint density at radius 2 is 2.12 bits per heavy atom. The molecule has 0 aliphatic rings. The van der Waals surface area contributed by atoms with E-state index < -0.39 is 0 Å². The molecule has 0 saturated heterocycles. The number of aromatic nitrogens is 4. The summed E-state index contributed by atoms with van der Waals surface area (Å²) in [5.74, 6) is 0.630. The highest BCUT2D eigenvalue weighted by molar-refractivity contribution is 6.34. The number of hydrogen-bond donors (Lipinski definition) is 2. The molecule has 3 heterocycles. The Morgan fingerprint density at radius 1 is 1.33 bits per heavy atom. The maximum atomic E-state index is 7.37. The van der Waals surface area contributed by atoms with Crippen molar-refractivity contribution in [1.29, 1.82) is 0 Å². The number of fused-ring (bicyclic) bond motifs is 1. The quantitative estimate of drug-likeness (QED) is 0.712. The van der Waals surface area contributed by atoms with Crippen molar-refractivity contribution in [2.24, 2.45) is 0 Å². The van der Waals surface area contributed by atoms with Crippen LogP contribution < -0.4 is 11.1 Å². The van der Waals surface area contributed by atoms with Gasteiger partial charge < -0.3 is 11.1 Å². The third-order valence-electron chi connectivity index (χ3n) is 3.61. The molecule has 0 radical (unpaired) electrons. The molecule has 0 spiro atoms. The van der Waals surface area contributed by atoms with Gasteiger partial charge in [0, 0.05) is 24.4 Å². The molecule has 3 aromatic heterocycles. The van der Waals surface area contributed by atoms with Crippen molar-refractivity contribution >= 4 is 34.6 Å². The monoisotopic (exact) mass is 341 g/mol. The number of nitrogens with one attached hydrogen (secondary N) is 1. The number of hydrogen-bond acceptors (Lipinski definition) is 5. The smallest absolute Gasteiger partial charge is 0.268 e. The first-order valence-electron chi connectivity index (χ1n) is 7.39. The van der Waals surface area contributed by atoms with Gasteiger partial charge in [0.2, 0.25) is 0 Å². The van der Waals surface area contributed by atoms with Crippen molar-refractivity contribution in [3.05, 3.63) is 51.7 Å². The molecule has 0 fully saturated rings. The Bertz CT molecular complexity index is 955. The van der Waals surface area contributed by atoms with Crippen molar-refractivity contribution in [2.75, 3.05) is 17.6 Å². The van der Waals surface area contributed by atoms with Crippen LogP contribution in [0.25, 0.3) is 10.5 Å². The van der Waals surface area contributed by atoms with Gasteiger partial charge in [-0.05, 0) is 26.0 Å². The molecule has 7 nitrogen and oxygen atoms in total. The molecule has 0 amide bonds. The van der Waals surface area contributed by atoms with Crippen LogP contribution in [0.1, 0.15) is 17.1 Å². The van der Waals surface area contributed by atoms with E-state index in [4.69, 9.17) is 23.9 Å². The van der Waals surface area contributed by atoms with Crippen LogP contribution in [0.2, 0.25) is 5.02 Å². The van der Waals surface area contributed by atoms with Crippen LogP contribution in [-0.2, 0) is 6.42 Å². The largest absolute Gasteiger partial charge is 0.392 e. The van der Waals surface area contributed by atoms with Crippen molar-refractivity contribution in [1.82, 2.24) is 19.6 Å². The van der Waals surface area contributed by atoms with Gasteiger partial charge in [0.15, 0.2) is 5.65 Å². The molecule has 24 heavy (non-hydrogen) atoms. The Kier molecular flexibility index (Phi) is 4.23. The summed E-state index contributed by atoms with van der Waals surface area (Å²) in [7, 11) is 0. The van der Waals surface area contributed by atoms with Crippen molar-refractivity contribution in [3.63, 3.8) is 0 Å². The fourth-order valence-corrected chi connectivity index (χ4v) is 2.58. The molecule has 0 atom stereocenters. The second-order valence-corrected chi connectivity index (χ2v) is 5.77. The third-order valence-corrected chi connectivity index (χ3v) is 4.05. The molecule has 3 N–H and O–H groups in total. The van der Waals surface area contributed by atoms with E-state index in [2.05, 4.69) is 25.2 Å². The number of halogens is 1. The molecule has 0 aromatic carbocycles. The van der Waals surface area contributed by atoms with Crippen LogP contribution >= 0.6 is 11.6 Å². The van der Waals surface area contributed by atoms with Gasteiger partial charge in [-0.2, -0.15) is 5.10 Å². The molecule has 0 unspecified atom stereocenters. The minimum Gasteiger partial charge on any atom is -0.392 e. The standard InChI is InChI=1S/C16H16ClN7/c1-9-5-4-6-11(21-9)7-8-20-15-13(19-3)14(18)24-16(22-15)12(17)10(2)23-24/h4-6H,7-8,18H2,1-2H3,(H,20,22). The maximum Gasteiger partial charge on any atom is 0.268 e. The Balaban J connectivity index is 1.88. The lowest BCUT2D eigenvalue weighted by molar-refractivity contribution is 0.919. The van der Waals surface area contributed by atoms with E-state index in [1.807, 2.05) is 25.1 Å². The van der Waals surface area contributed by atoms with Crippen LogP contribution in [0, 0.1) is 20.4 Å². The van der Waals surface area contributed by atoms with Crippen molar-refractivity contribution < 1.29 is 0 Å². The average molecular weight is 342 g/mol. The number of aryl methyl sites for hydroxylation is 2. The van der Waals surface area contributed by atoms with Gasteiger partial charge in [-0.3, -0.25) is 4.98 Å². The molecule has 0 saturated carbocycles. The summed E-state index contributed by atoms with van der Waals surface area (Å²) in [6.45, 7) is 11.7. The summed E-state index contributed by atoms with van der Waals surface area (Å²) in [5, 5.41) is 7.80. The van der Waals surface area contributed by atoms with Gasteiger partial charge in [-0.1, -0.05) is 17.7 Å². The SMILES string of the molecule is [C-]#[N+]c1c(NCCc2cccc(C)n2)nc2c(Cl)c(C)nn2c1N. The summed E-state index contributed by atoms with van der Waals surface area (Å²) in [5.41, 5.74) is 9.29. The number of rotatable bonds is 4. The van der Waals surface area contributed by atoms with Gasteiger partial charge >= 0.3 is 0 Å².